The lowest BCUT2D eigenvalue weighted by atomic mass is 10.2. The second kappa shape index (κ2) is 7.77. The van der Waals surface area contributed by atoms with Gasteiger partial charge >= 0.3 is 0 Å². The van der Waals surface area contributed by atoms with Crippen LogP contribution in [0.25, 0.3) is 17.1 Å². The number of hydrogen-bond acceptors (Lipinski definition) is 6. The molecule has 2 aromatic carbocycles. The normalized spacial score (nSPS) is 12.3. The van der Waals surface area contributed by atoms with Crippen LogP contribution in [-0.4, -0.2) is 26.5 Å². The molecule has 2 aromatic heterocycles. The maximum atomic E-state index is 6.08. The van der Waals surface area contributed by atoms with Crippen molar-refractivity contribution in [2.24, 2.45) is 0 Å². The zero-order valence-corrected chi connectivity index (χ0v) is 16.7. The number of benzene rings is 2. The number of ether oxygens (including phenoxy) is 2. The average molecular weight is 423 g/mol. The van der Waals surface area contributed by atoms with Gasteiger partial charge < -0.3 is 9.47 Å². The SMILES string of the molecule is Clc1ccc(-n2c(SCc3ccc4c(c3)OCO4)nnc2-c2ccncc2)cc1. The quantitative estimate of drug-likeness (QED) is 0.421. The van der Waals surface area contributed by atoms with Crippen molar-refractivity contribution in [3.63, 3.8) is 0 Å². The fourth-order valence-electron chi connectivity index (χ4n) is 3.05. The van der Waals surface area contributed by atoms with Gasteiger partial charge in [-0.2, -0.15) is 0 Å². The number of nitrogens with zero attached hydrogens (tertiary/aromatic N) is 4. The van der Waals surface area contributed by atoms with Crippen LogP contribution in [0.1, 0.15) is 5.56 Å². The van der Waals surface area contributed by atoms with Gasteiger partial charge in [0.05, 0.1) is 0 Å². The highest BCUT2D eigenvalue weighted by Gasteiger charge is 2.18. The van der Waals surface area contributed by atoms with E-state index in [0.717, 1.165) is 45.0 Å². The van der Waals surface area contributed by atoms with Crippen LogP contribution in [-0.2, 0) is 5.75 Å². The van der Waals surface area contributed by atoms with Crippen LogP contribution < -0.4 is 9.47 Å². The summed E-state index contributed by atoms with van der Waals surface area (Å²) in [5.41, 5.74) is 3.01. The summed E-state index contributed by atoms with van der Waals surface area (Å²) >= 11 is 7.69. The topological polar surface area (TPSA) is 62.1 Å². The summed E-state index contributed by atoms with van der Waals surface area (Å²) in [6, 6.07) is 17.5. The van der Waals surface area contributed by atoms with Crippen molar-refractivity contribution in [1.29, 1.82) is 0 Å². The Balaban J connectivity index is 1.49. The van der Waals surface area contributed by atoms with Crippen molar-refractivity contribution in [2.45, 2.75) is 10.9 Å². The van der Waals surface area contributed by atoms with E-state index in [2.05, 4.69) is 15.2 Å². The van der Waals surface area contributed by atoms with Crippen molar-refractivity contribution < 1.29 is 9.47 Å². The second-order valence-electron chi connectivity index (χ2n) is 6.33. The van der Waals surface area contributed by atoms with Crippen molar-refractivity contribution in [3.05, 3.63) is 77.6 Å². The molecule has 0 saturated carbocycles. The molecule has 6 nitrogen and oxygen atoms in total. The maximum Gasteiger partial charge on any atom is 0.231 e. The summed E-state index contributed by atoms with van der Waals surface area (Å²) in [5, 5.41) is 10.4. The average Bonchev–Trinajstić information content (AvgIpc) is 3.40. The molecule has 1 aliphatic rings. The van der Waals surface area contributed by atoms with E-state index in [9.17, 15) is 0 Å². The van der Waals surface area contributed by atoms with Crippen LogP contribution >= 0.6 is 23.4 Å². The molecule has 0 aliphatic carbocycles. The first-order valence-electron chi connectivity index (χ1n) is 8.91. The Hall–Kier alpha value is -3.03. The van der Waals surface area contributed by atoms with Gasteiger partial charge in [-0.3, -0.25) is 9.55 Å². The van der Waals surface area contributed by atoms with Crippen LogP contribution in [0, 0.1) is 0 Å². The first-order chi connectivity index (χ1) is 14.3. The third kappa shape index (κ3) is 3.66. The minimum atomic E-state index is 0.270. The lowest BCUT2D eigenvalue weighted by Crippen LogP contribution is -1.99. The summed E-state index contributed by atoms with van der Waals surface area (Å²) in [6.45, 7) is 0.270. The first-order valence-corrected chi connectivity index (χ1v) is 10.3. The van der Waals surface area contributed by atoms with Crippen molar-refractivity contribution >= 4 is 23.4 Å². The van der Waals surface area contributed by atoms with Gasteiger partial charge in [0, 0.05) is 34.4 Å². The van der Waals surface area contributed by atoms with E-state index < -0.39 is 0 Å². The van der Waals surface area contributed by atoms with Gasteiger partial charge in [0.2, 0.25) is 6.79 Å². The van der Waals surface area contributed by atoms with E-state index >= 15 is 0 Å². The van der Waals surface area contributed by atoms with Crippen LogP contribution in [0.15, 0.2) is 72.1 Å². The first kappa shape index (κ1) is 18.0. The molecular formula is C21H15ClN4O2S. The number of halogens is 1. The van der Waals surface area contributed by atoms with Gasteiger partial charge in [-0.15, -0.1) is 10.2 Å². The zero-order valence-electron chi connectivity index (χ0n) is 15.2. The summed E-state index contributed by atoms with van der Waals surface area (Å²) in [6.07, 6.45) is 3.49. The third-order valence-corrected chi connectivity index (χ3v) is 5.71. The van der Waals surface area contributed by atoms with Crippen LogP contribution in [0.2, 0.25) is 5.02 Å². The Kier molecular flexibility index (Phi) is 4.83. The van der Waals surface area contributed by atoms with Crippen LogP contribution in [0.4, 0.5) is 0 Å². The standard InChI is InChI=1S/C21H15ClN4O2S/c22-16-2-4-17(5-3-16)26-20(15-7-9-23-10-8-15)24-25-21(26)29-12-14-1-6-18-19(11-14)28-13-27-18/h1-11H,12-13H2. The number of hydrogen-bond donors (Lipinski definition) is 0. The summed E-state index contributed by atoms with van der Waals surface area (Å²) in [4.78, 5) is 4.09. The molecule has 0 unspecified atom stereocenters. The molecule has 0 fully saturated rings. The highest BCUT2D eigenvalue weighted by Crippen LogP contribution is 2.35. The fourth-order valence-corrected chi connectivity index (χ4v) is 4.07. The number of aromatic nitrogens is 4. The maximum absolute atomic E-state index is 6.08. The Morgan fingerprint density at radius 2 is 1.72 bits per heavy atom. The van der Waals surface area contributed by atoms with E-state index in [4.69, 9.17) is 21.1 Å². The molecule has 1 aliphatic heterocycles. The molecule has 0 N–H and O–H groups in total. The lowest BCUT2D eigenvalue weighted by Gasteiger charge is -2.10. The minimum Gasteiger partial charge on any atom is -0.454 e. The van der Waals surface area contributed by atoms with E-state index in [1.807, 2.05) is 59.2 Å². The fraction of sp³-hybridized carbons (Fsp3) is 0.0952. The van der Waals surface area contributed by atoms with Gasteiger partial charge in [0.15, 0.2) is 22.5 Å². The predicted molar refractivity (Wildman–Crippen MR) is 112 cm³/mol. The second-order valence-corrected chi connectivity index (χ2v) is 7.71. The highest BCUT2D eigenvalue weighted by atomic mass is 35.5. The number of thioether (sulfide) groups is 1. The van der Waals surface area contributed by atoms with Gasteiger partial charge in [-0.25, -0.2) is 0 Å². The Bertz CT molecular complexity index is 1150. The van der Waals surface area contributed by atoms with E-state index in [0.29, 0.717) is 5.02 Å². The van der Waals surface area contributed by atoms with Crippen molar-refractivity contribution in [1.82, 2.24) is 19.7 Å². The van der Waals surface area contributed by atoms with Gasteiger partial charge in [0.25, 0.3) is 0 Å². The van der Waals surface area contributed by atoms with Crippen LogP contribution in [0.5, 0.6) is 11.5 Å². The molecule has 144 valence electrons. The monoisotopic (exact) mass is 422 g/mol. The number of rotatable bonds is 5. The van der Waals surface area contributed by atoms with E-state index in [1.165, 1.54) is 0 Å². The molecular weight excluding hydrogens is 408 g/mol. The van der Waals surface area contributed by atoms with Crippen molar-refractivity contribution in [2.75, 3.05) is 6.79 Å². The molecule has 29 heavy (non-hydrogen) atoms. The number of pyridine rings is 1. The highest BCUT2D eigenvalue weighted by molar-refractivity contribution is 7.98. The smallest absolute Gasteiger partial charge is 0.231 e. The zero-order chi connectivity index (χ0) is 19.6. The molecule has 8 heteroatoms. The lowest BCUT2D eigenvalue weighted by molar-refractivity contribution is 0.174. The Morgan fingerprint density at radius 1 is 0.931 bits per heavy atom. The Morgan fingerprint density at radius 3 is 2.55 bits per heavy atom. The van der Waals surface area contributed by atoms with E-state index in [-0.39, 0.29) is 6.79 Å². The molecule has 0 saturated heterocycles. The molecule has 4 aromatic rings. The summed E-state index contributed by atoms with van der Waals surface area (Å²) < 4.78 is 12.9. The molecule has 3 heterocycles. The third-order valence-electron chi connectivity index (χ3n) is 4.46. The molecule has 0 atom stereocenters. The van der Waals surface area contributed by atoms with Gasteiger partial charge in [-0.05, 0) is 54.1 Å². The van der Waals surface area contributed by atoms with Crippen LogP contribution in [0.3, 0.4) is 0 Å². The van der Waals surface area contributed by atoms with E-state index in [1.54, 1.807) is 24.2 Å². The summed E-state index contributed by atoms with van der Waals surface area (Å²) in [7, 11) is 0. The summed E-state index contributed by atoms with van der Waals surface area (Å²) in [5.74, 6) is 3.03. The predicted octanol–water partition coefficient (Wildman–Crippen LogP) is 5.00. The van der Waals surface area contributed by atoms with Gasteiger partial charge in [0.1, 0.15) is 0 Å². The molecule has 0 spiro atoms. The number of fused-ring (bicyclic) bond motifs is 1. The largest absolute Gasteiger partial charge is 0.454 e. The molecule has 5 rings (SSSR count). The molecule has 0 bridgehead atoms. The van der Waals surface area contributed by atoms with Gasteiger partial charge in [-0.1, -0.05) is 29.4 Å². The minimum absolute atomic E-state index is 0.270. The molecule has 0 amide bonds. The Labute approximate surface area is 176 Å². The molecule has 0 radical (unpaired) electrons. The van der Waals surface area contributed by atoms with Crippen molar-refractivity contribution in [3.8, 4) is 28.6 Å².